The molecule has 0 aromatic carbocycles. The fourth-order valence-corrected chi connectivity index (χ4v) is 3.16. The predicted molar refractivity (Wildman–Crippen MR) is 82.6 cm³/mol. The Morgan fingerprint density at radius 2 is 2.14 bits per heavy atom. The van der Waals surface area contributed by atoms with Crippen molar-refractivity contribution in [1.29, 1.82) is 0 Å². The largest absolute Gasteiger partial charge is 0.349 e. The van der Waals surface area contributed by atoms with E-state index in [0.29, 0.717) is 11.7 Å². The van der Waals surface area contributed by atoms with Crippen molar-refractivity contribution in [2.24, 2.45) is 0 Å². The van der Waals surface area contributed by atoms with Gasteiger partial charge in [-0.25, -0.2) is 4.98 Å². The number of carbonyl (C=O) groups excluding carboxylic acids is 1. The normalized spacial score (nSPS) is 16.0. The first kappa shape index (κ1) is 14.3. The summed E-state index contributed by atoms with van der Waals surface area (Å²) in [5, 5.41) is 4.04. The van der Waals surface area contributed by atoms with E-state index < -0.39 is 0 Å². The molecule has 2 aromatic rings. The average Bonchev–Trinajstić information content (AvgIpc) is 3.03. The molecule has 1 fully saturated rings. The smallest absolute Gasteiger partial charge is 0.268 e. The highest BCUT2D eigenvalue weighted by Crippen LogP contribution is 2.34. The molecule has 21 heavy (non-hydrogen) atoms. The number of amides is 1. The van der Waals surface area contributed by atoms with E-state index in [1.54, 1.807) is 6.20 Å². The summed E-state index contributed by atoms with van der Waals surface area (Å²) < 4.78 is 2.05. The first-order valence-corrected chi connectivity index (χ1v) is 7.78. The van der Waals surface area contributed by atoms with Crippen LogP contribution in [-0.4, -0.2) is 26.5 Å². The molecule has 1 amide bonds. The zero-order chi connectivity index (χ0) is 15.0. The number of nitrogens with zero attached hydrogens (tertiary/aromatic N) is 3. The minimum atomic E-state index is -0.0639. The van der Waals surface area contributed by atoms with Crippen molar-refractivity contribution < 1.29 is 4.79 Å². The Morgan fingerprint density at radius 1 is 1.43 bits per heavy atom. The molecule has 6 heteroatoms. The highest BCUT2D eigenvalue weighted by Gasteiger charge is 2.25. The fraction of sp³-hybridized carbons (Fsp3) is 0.533. The molecule has 0 spiro atoms. The first-order valence-electron chi connectivity index (χ1n) is 7.40. The Morgan fingerprint density at radius 3 is 2.81 bits per heavy atom. The first-order chi connectivity index (χ1) is 10.1. The zero-order valence-electron chi connectivity index (χ0n) is 12.3. The molecule has 3 rings (SSSR count). The lowest BCUT2D eigenvalue weighted by Gasteiger charge is -2.17. The monoisotopic (exact) mass is 306 g/mol. The summed E-state index contributed by atoms with van der Waals surface area (Å²) in [6.07, 6.45) is 6.21. The predicted octanol–water partition coefficient (Wildman–Crippen LogP) is 3.34. The van der Waals surface area contributed by atoms with Crippen LogP contribution < -0.4 is 5.32 Å². The molecular weight excluding hydrogens is 288 g/mol. The van der Waals surface area contributed by atoms with E-state index in [2.05, 4.69) is 15.3 Å². The summed E-state index contributed by atoms with van der Waals surface area (Å²) in [6.45, 7) is 3.91. The van der Waals surface area contributed by atoms with E-state index in [0.717, 1.165) is 23.9 Å². The van der Waals surface area contributed by atoms with Gasteiger partial charge in [0.2, 0.25) is 5.28 Å². The molecule has 2 aromatic heterocycles. The van der Waals surface area contributed by atoms with Crippen molar-refractivity contribution in [2.45, 2.75) is 51.6 Å². The van der Waals surface area contributed by atoms with Gasteiger partial charge in [0.25, 0.3) is 5.91 Å². The maximum atomic E-state index is 12.5. The standard InChI is InChI=1S/C15H19ClN4O/c1-9(2)18-14(21)12-7-10-8-17-15(16)19-13(10)20(12)11-5-3-4-6-11/h7-9,11H,3-6H2,1-2H3,(H,18,21). The maximum Gasteiger partial charge on any atom is 0.268 e. The van der Waals surface area contributed by atoms with Crippen LogP contribution in [0.5, 0.6) is 0 Å². The molecule has 5 nitrogen and oxygen atoms in total. The van der Waals surface area contributed by atoms with Crippen molar-refractivity contribution in [1.82, 2.24) is 19.9 Å². The number of hydrogen-bond acceptors (Lipinski definition) is 3. The third-order valence-corrected chi connectivity index (χ3v) is 4.07. The molecule has 0 atom stereocenters. The van der Waals surface area contributed by atoms with Gasteiger partial charge in [-0.3, -0.25) is 4.79 Å². The molecule has 0 saturated heterocycles. The molecule has 1 aliphatic carbocycles. The third-order valence-electron chi connectivity index (χ3n) is 3.89. The molecule has 1 N–H and O–H groups in total. The van der Waals surface area contributed by atoms with Gasteiger partial charge in [0, 0.05) is 23.7 Å². The highest BCUT2D eigenvalue weighted by molar-refractivity contribution is 6.28. The van der Waals surface area contributed by atoms with E-state index in [-0.39, 0.29) is 17.2 Å². The number of rotatable bonds is 3. The van der Waals surface area contributed by atoms with Gasteiger partial charge in [0.15, 0.2) is 0 Å². The number of fused-ring (bicyclic) bond motifs is 1. The number of hydrogen-bond donors (Lipinski definition) is 1. The van der Waals surface area contributed by atoms with Crippen LogP contribution in [0.2, 0.25) is 5.28 Å². The summed E-state index contributed by atoms with van der Waals surface area (Å²) in [5.41, 5.74) is 1.41. The lowest BCUT2D eigenvalue weighted by molar-refractivity contribution is 0.0932. The number of aromatic nitrogens is 3. The molecule has 1 aliphatic rings. The minimum absolute atomic E-state index is 0.0639. The molecule has 1 saturated carbocycles. The number of nitrogens with one attached hydrogen (secondary N) is 1. The van der Waals surface area contributed by atoms with Gasteiger partial charge < -0.3 is 9.88 Å². The van der Waals surface area contributed by atoms with E-state index in [1.807, 2.05) is 24.5 Å². The second-order valence-electron chi connectivity index (χ2n) is 5.88. The van der Waals surface area contributed by atoms with Crippen LogP contribution in [0.3, 0.4) is 0 Å². The van der Waals surface area contributed by atoms with Gasteiger partial charge >= 0.3 is 0 Å². The number of halogens is 1. The van der Waals surface area contributed by atoms with Crippen LogP contribution in [0.15, 0.2) is 12.3 Å². The van der Waals surface area contributed by atoms with E-state index in [4.69, 9.17) is 11.6 Å². The van der Waals surface area contributed by atoms with Crippen molar-refractivity contribution in [3.05, 3.63) is 23.2 Å². The van der Waals surface area contributed by atoms with E-state index >= 15 is 0 Å². The van der Waals surface area contributed by atoms with Crippen LogP contribution in [0.25, 0.3) is 11.0 Å². The molecule has 0 aliphatic heterocycles. The summed E-state index contributed by atoms with van der Waals surface area (Å²) in [4.78, 5) is 20.8. The Kier molecular flexibility index (Phi) is 3.85. The minimum Gasteiger partial charge on any atom is -0.349 e. The van der Waals surface area contributed by atoms with Crippen molar-refractivity contribution >= 4 is 28.5 Å². The lowest BCUT2D eigenvalue weighted by Crippen LogP contribution is -2.32. The van der Waals surface area contributed by atoms with Gasteiger partial charge in [-0.1, -0.05) is 12.8 Å². The van der Waals surface area contributed by atoms with Gasteiger partial charge in [0.05, 0.1) is 0 Å². The van der Waals surface area contributed by atoms with Gasteiger partial charge in [-0.2, -0.15) is 4.98 Å². The Balaban J connectivity index is 2.13. The van der Waals surface area contributed by atoms with Crippen molar-refractivity contribution in [2.75, 3.05) is 0 Å². The quantitative estimate of drug-likeness (QED) is 0.885. The highest BCUT2D eigenvalue weighted by atomic mass is 35.5. The third kappa shape index (κ3) is 2.75. The fourth-order valence-electron chi connectivity index (χ4n) is 3.03. The molecule has 0 unspecified atom stereocenters. The molecule has 112 valence electrons. The average molecular weight is 307 g/mol. The van der Waals surface area contributed by atoms with Crippen molar-refractivity contribution in [3.63, 3.8) is 0 Å². The van der Waals surface area contributed by atoms with E-state index in [1.165, 1.54) is 12.8 Å². The number of carbonyl (C=O) groups is 1. The Bertz CT molecular complexity index is 674. The summed E-state index contributed by atoms with van der Waals surface area (Å²) in [6, 6.07) is 2.28. The van der Waals surface area contributed by atoms with Crippen LogP contribution in [-0.2, 0) is 0 Å². The van der Waals surface area contributed by atoms with Crippen LogP contribution >= 0.6 is 11.6 Å². The molecule has 0 bridgehead atoms. The maximum absolute atomic E-state index is 12.5. The van der Waals surface area contributed by atoms with Gasteiger partial charge in [-0.05, 0) is 44.4 Å². The second-order valence-corrected chi connectivity index (χ2v) is 6.22. The molecule has 0 radical (unpaired) electrons. The van der Waals surface area contributed by atoms with Gasteiger partial charge in [0.1, 0.15) is 11.3 Å². The summed E-state index contributed by atoms with van der Waals surface area (Å²) in [7, 11) is 0. The topological polar surface area (TPSA) is 59.8 Å². The van der Waals surface area contributed by atoms with Crippen LogP contribution in [0, 0.1) is 0 Å². The van der Waals surface area contributed by atoms with Gasteiger partial charge in [-0.15, -0.1) is 0 Å². The Hall–Kier alpha value is -1.62. The zero-order valence-corrected chi connectivity index (χ0v) is 13.0. The SMILES string of the molecule is CC(C)NC(=O)c1cc2cnc(Cl)nc2n1C1CCCC1. The lowest BCUT2D eigenvalue weighted by atomic mass is 10.2. The second kappa shape index (κ2) is 5.64. The summed E-state index contributed by atoms with van der Waals surface area (Å²) >= 11 is 5.93. The van der Waals surface area contributed by atoms with E-state index in [9.17, 15) is 4.79 Å². The molecular formula is C15H19ClN4O. The van der Waals surface area contributed by atoms with Crippen LogP contribution in [0.1, 0.15) is 56.1 Å². The van der Waals surface area contributed by atoms with Crippen LogP contribution in [0.4, 0.5) is 0 Å². The summed E-state index contributed by atoms with van der Waals surface area (Å²) in [5.74, 6) is -0.0639. The van der Waals surface area contributed by atoms with Crippen molar-refractivity contribution in [3.8, 4) is 0 Å². The molecule has 2 heterocycles. The Labute approximate surface area is 128 Å².